The van der Waals surface area contributed by atoms with E-state index in [2.05, 4.69) is 20.8 Å². The molecule has 0 aromatic heterocycles. The van der Waals surface area contributed by atoms with E-state index in [-0.39, 0.29) is 31.1 Å². The van der Waals surface area contributed by atoms with Crippen molar-refractivity contribution in [1.82, 2.24) is 0 Å². The molecule has 0 amide bonds. The van der Waals surface area contributed by atoms with Gasteiger partial charge in [-0.2, -0.15) is 0 Å². The standard InChI is InChI=1S/C41H78O6/c1-4-7-10-13-15-16-17-18-19-20-21-22-23-24-26-29-31-34-40(43)46-37-38(47-41(44)35-32-27-12-9-6-3)36-45-39(42)33-30-28-25-14-11-8-5-2/h38H,4-37H2,1-3H3/t38-/m0/s1. The second-order valence-corrected chi connectivity index (χ2v) is 13.9. The number of rotatable bonds is 37. The van der Waals surface area contributed by atoms with Crippen molar-refractivity contribution in [2.45, 2.75) is 232 Å². The Morgan fingerprint density at radius 1 is 0.340 bits per heavy atom. The van der Waals surface area contributed by atoms with Gasteiger partial charge in [0.05, 0.1) is 0 Å². The van der Waals surface area contributed by atoms with Crippen LogP contribution in [0.4, 0.5) is 0 Å². The number of unbranched alkanes of at least 4 members (excludes halogenated alkanes) is 26. The molecule has 0 rings (SSSR count). The van der Waals surface area contributed by atoms with E-state index in [1.165, 1.54) is 122 Å². The van der Waals surface area contributed by atoms with Crippen LogP contribution in [0.3, 0.4) is 0 Å². The van der Waals surface area contributed by atoms with Gasteiger partial charge in [-0.3, -0.25) is 14.4 Å². The summed E-state index contributed by atoms with van der Waals surface area (Å²) < 4.78 is 16.5. The molecular weight excluding hydrogens is 588 g/mol. The zero-order valence-corrected chi connectivity index (χ0v) is 31.6. The Morgan fingerprint density at radius 2 is 0.574 bits per heavy atom. The molecule has 0 aromatic carbocycles. The lowest BCUT2D eigenvalue weighted by Gasteiger charge is -2.18. The lowest BCUT2D eigenvalue weighted by molar-refractivity contribution is -0.167. The van der Waals surface area contributed by atoms with Crippen molar-refractivity contribution in [3.63, 3.8) is 0 Å². The van der Waals surface area contributed by atoms with Gasteiger partial charge in [-0.25, -0.2) is 0 Å². The molecule has 0 saturated carbocycles. The Kier molecular flexibility index (Phi) is 36.0. The van der Waals surface area contributed by atoms with E-state index >= 15 is 0 Å². The molecule has 47 heavy (non-hydrogen) atoms. The topological polar surface area (TPSA) is 78.9 Å². The Labute approximate surface area is 291 Å². The van der Waals surface area contributed by atoms with E-state index in [0.29, 0.717) is 19.3 Å². The minimum absolute atomic E-state index is 0.0654. The van der Waals surface area contributed by atoms with E-state index in [0.717, 1.165) is 64.2 Å². The van der Waals surface area contributed by atoms with Gasteiger partial charge in [-0.05, 0) is 19.3 Å². The molecule has 1 atom stereocenters. The van der Waals surface area contributed by atoms with E-state index in [1.807, 2.05) is 0 Å². The zero-order valence-electron chi connectivity index (χ0n) is 31.6. The monoisotopic (exact) mass is 667 g/mol. The number of esters is 3. The lowest BCUT2D eigenvalue weighted by Crippen LogP contribution is -2.30. The van der Waals surface area contributed by atoms with E-state index in [4.69, 9.17) is 14.2 Å². The normalized spacial score (nSPS) is 11.8. The second kappa shape index (κ2) is 37.2. The summed E-state index contributed by atoms with van der Waals surface area (Å²) in [7, 11) is 0. The average Bonchev–Trinajstić information content (AvgIpc) is 3.06. The van der Waals surface area contributed by atoms with E-state index in [9.17, 15) is 14.4 Å². The van der Waals surface area contributed by atoms with Gasteiger partial charge in [0.25, 0.3) is 0 Å². The highest BCUT2D eigenvalue weighted by Gasteiger charge is 2.19. The molecule has 0 radical (unpaired) electrons. The highest BCUT2D eigenvalue weighted by Crippen LogP contribution is 2.15. The summed E-state index contributed by atoms with van der Waals surface area (Å²) >= 11 is 0. The number of hydrogen-bond acceptors (Lipinski definition) is 6. The highest BCUT2D eigenvalue weighted by atomic mass is 16.6. The molecule has 0 spiro atoms. The van der Waals surface area contributed by atoms with Crippen LogP contribution in [0.25, 0.3) is 0 Å². The Bertz CT molecular complexity index is 693. The fourth-order valence-electron chi connectivity index (χ4n) is 5.97. The third kappa shape index (κ3) is 35.5. The molecule has 0 saturated heterocycles. The van der Waals surface area contributed by atoms with Crippen molar-refractivity contribution in [2.75, 3.05) is 13.2 Å². The van der Waals surface area contributed by atoms with Crippen molar-refractivity contribution < 1.29 is 28.6 Å². The van der Waals surface area contributed by atoms with Gasteiger partial charge >= 0.3 is 17.9 Å². The van der Waals surface area contributed by atoms with Gasteiger partial charge in [-0.1, -0.05) is 188 Å². The Hall–Kier alpha value is -1.59. The third-order valence-corrected chi connectivity index (χ3v) is 9.11. The van der Waals surface area contributed by atoms with Crippen molar-refractivity contribution in [2.24, 2.45) is 0 Å². The fourth-order valence-corrected chi connectivity index (χ4v) is 5.97. The minimum atomic E-state index is -0.754. The maximum atomic E-state index is 12.4. The van der Waals surface area contributed by atoms with E-state index in [1.54, 1.807) is 0 Å². The molecule has 0 aliphatic rings. The van der Waals surface area contributed by atoms with Gasteiger partial charge in [-0.15, -0.1) is 0 Å². The summed E-state index contributed by atoms with van der Waals surface area (Å²) in [6.45, 7) is 6.51. The van der Waals surface area contributed by atoms with Gasteiger partial charge in [0, 0.05) is 19.3 Å². The first kappa shape index (κ1) is 45.4. The fraction of sp³-hybridized carbons (Fsp3) is 0.927. The predicted molar refractivity (Wildman–Crippen MR) is 197 cm³/mol. The molecule has 0 aliphatic carbocycles. The van der Waals surface area contributed by atoms with Crippen molar-refractivity contribution in [3.05, 3.63) is 0 Å². The van der Waals surface area contributed by atoms with Crippen molar-refractivity contribution in [3.8, 4) is 0 Å². The minimum Gasteiger partial charge on any atom is -0.462 e. The van der Waals surface area contributed by atoms with Crippen LogP contribution in [0, 0.1) is 0 Å². The largest absolute Gasteiger partial charge is 0.462 e. The number of carbonyl (C=O) groups is 3. The van der Waals surface area contributed by atoms with Gasteiger partial charge in [0.15, 0.2) is 6.10 Å². The van der Waals surface area contributed by atoms with Gasteiger partial charge in [0.1, 0.15) is 13.2 Å². The highest BCUT2D eigenvalue weighted by molar-refractivity contribution is 5.71. The van der Waals surface area contributed by atoms with Crippen LogP contribution >= 0.6 is 0 Å². The molecule has 0 unspecified atom stereocenters. The molecule has 0 N–H and O–H groups in total. The summed E-state index contributed by atoms with van der Waals surface area (Å²) in [4.78, 5) is 37.1. The molecular formula is C41H78O6. The molecule has 0 bridgehead atoms. The summed E-state index contributed by atoms with van der Waals surface area (Å²) in [5.41, 5.74) is 0. The molecule has 6 heteroatoms. The summed E-state index contributed by atoms with van der Waals surface area (Å²) in [6, 6.07) is 0. The first-order valence-corrected chi connectivity index (χ1v) is 20.5. The molecule has 0 heterocycles. The van der Waals surface area contributed by atoms with Crippen molar-refractivity contribution >= 4 is 17.9 Å². The zero-order chi connectivity index (χ0) is 34.5. The van der Waals surface area contributed by atoms with Crippen LogP contribution in [0.1, 0.15) is 226 Å². The molecule has 278 valence electrons. The van der Waals surface area contributed by atoms with Crippen LogP contribution < -0.4 is 0 Å². The number of hydrogen-bond donors (Lipinski definition) is 0. The predicted octanol–water partition coefficient (Wildman–Crippen LogP) is 12.5. The Balaban J connectivity index is 4.07. The van der Waals surface area contributed by atoms with Crippen LogP contribution in [0.2, 0.25) is 0 Å². The first-order valence-electron chi connectivity index (χ1n) is 20.5. The SMILES string of the molecule is CCCCCCCCCCCCCCCCCCCC(=O)OC[C@H](COC(=O)CCCCCCCCC)OC(=O)CCCCCCC. The average molecular weight is 667 g/mol. The van der Waals surface area contributed by atoms with Crippen LogP contribution in [-0.2, 0) is 28.6 Å². The van der Waals surface area contributed by atoms with Crippen molar-refractivity contribution in [1.29, 1.82) is 0 Å². The van der Waals surface area contributed by atoms with Crippen LogP contribution in [0.15, 0.2) is 0 Å². The van der Waals surface area contributed by atoms with E-state index < -0.39 is 6.10 Å². The van der Waals surface area contributed by atoms with Crippen LogP contribution in [0.5, 0.6) is 0 Å². The smallest absolute Gasteiger partial charge is 0.306 e. The van der Waals surface area contributed by atoms with Gasteiger partial charge < -0.3 is 14.2 Å². The van der Waals surface area contributed by atoms with Gasteiger partial charge in [0.2, 0.25) is 0 Å². The summed E-state index contributed by atoms with van der Waals surface area (Å²) in [6.07, 6.45) is 35.6. The maximum absolute atomic E-state index is 12.4. The summed E-state index contributed by atoms with van der Waals surface area (Å²) in [5, 5.41) is 0. The molecule has 0 aliphatic heterocycles. The molecule has 6 nitrogen and oxygen atoms in total. The molecule has 0 aromatic rings. The molecule has 0 fully saturated rings. The number of carbonyl (C=O) groups excluding carboxylic acids is 3. The Morgan fingerprint density at radius 3 is 0.851 bits per heavy atom. The van der Waals surface area contributed by atoms with Crippen LogP contribution in [-0.4, -0.2) is 37.2 Å². The second-order valence-electron chi connectivity index (χ2n) is 13.9. The quantitative estimate of drug-likeness (QED) is 0.0373. The summed E-state index contributed by atoms with van der Waals surface area (Å²) in [5.74, 6) is -0.881. The third-order valence-electron chi connectivity index (χ3n) is 9.11. The first-order chi connectivity index (χ1) is 23.0. The maximum Gasteiger partial charge on any atom is 0.306 e. The number of ether oxygens (including phenoxy) is 3. The lowest BCUT2D eigenvalue weighted by atomic mass is 10.0.